The summed E-state index contributed by atoms with van der Waals surface area (Å²) >= 11 is 6.04. The largest absolute Gasteiger partial charge is 0.467 e. The number of hydrogen-bond donors (Lipinski definition) is 1. The normalized spacial score (nSPS) is 11.7. The number of hydrogen-bond acceptors (Lipinski definition) is 7. The summed E-state index contributed by atoms with van der Waals surface area (Å²) in [6.07, 6.45) is -1.07. The van der Waals surface area contributed by atoms with E-state index in [2.05, 4.69) is 25.1 Å². The molecule has 1 N–H and O–H groups in total. The third-order valence-electron chi connectivity index (χ3n) is 5.51. The monoisotopic (exact) mass is 529 g/mol. The molecule has 0 unspecified atom stereocenters. The molecule has 0 saturated carbocycles. The van der Waals surface area contributed by atoms with Gasteiger partial charge in [0.25, 0.3) is 5.56 Å². The van der Waals surface area contributed by atoms with Crippen LogP contribution in [0.2, 0.25) is 5.02 Å². The lowest BCUT2D eigenvalue weighted by atomic mass is 9.98. The smallest absolute Gasteiger partial charge is 0.417 e. The van der Waals surface area contributed by atoms with Crippen LogP contribution in [0.3, 0.4) is 0 Å². The van der Waals surface area contributed by atoms with Crippen molar-refractivity contribution < 1.29 is 17.9 Å². The molecule has 0 amide bonds. The number of H-pyrrole nitrogens is 1. The first-order chi connectivity index (χ1) is 17.7. The van der Waals surface area contributed by atoms with Gasteiger partial charge in [0, 0.05) is 34.7 Å². The molecule has 0 saturated heterocycles. The third kappa shape index (κ3) is 4.44. The number of rotatable bonds is 5. The molecule has 0 radical (unpaired) electrons. The molecule has 0 atom stereocenters. The first-order valence-corrected chi connectivity index (χ1v) is 10.9. The van der Waals surface area contributed by atoms with Crippen LogP contribution in [0.15, 0.2) is 64.6 Å². The molecule has 14 heteroatoms. The van der Waals surface area contributed by atoms with Crippen molar-refractivity contribution in [2.75, 3.05) is 7.11 Å². The average Bonchev–Trinajstić information content (AvgIpc) is 3.27. The van der Waals surface area contributed by atoms with Gasteiger partial charge < -0.3 is 4.74 Å². The van der Waals surface area contributed by atoms with E-state index in [1.165, 1.54) is 19.5 Å². The van der Waals surface area contributed by atoms with Gasteiger partial charge in [0.1, 0.15) is 0 Å². The Balaban J connectivity index is 1.78. The summed E-state index contributed by atoms with van der Waals surface area (Å²) in [4.78, 5) is 38.7. The molecular weight excluding hydrogens is 515 g/mol. The van der Waals surface area contributed by atoms with Crippen LogP contribution in [0.5, 0.6) is 6.01 Å². The van der Waals surface area contributed by atoms with Gasteiger partial charge in [-0.1, -0.05) is 23.7 Å². The highest BCUT2D eigenvalue weighted by Gasteiger charge is 2.31. The molecule has 4 aromatic heterocycles. The summed E-state index contributed by atoms with van der Waals surface area (Å²) in [6, 6.07) is 8.50. The first-order valence-electron chi connectivity index (χ1n) is 10.6. The number of pyridine rings is 1. The standard InChI is InChI=1S/C23H15ClF3N7O3/c1-37-21-29-8-13(9-30-21)17-18(12-2-5-15(24)6-3-12)20(35)33(34-19(17)31-32-22(34)36)11-16-7-4-14(10-28-16)23(25,26)27/h2-10H,11H2,1H3,(H,32,36). The number of aromatic nitrogens is 7. The highest BCUT2D eigenvalue weighted by Crippen LogP contribution is 2.33. The summed E-state index contributed by atoms with van der Waals surface area (Å²) in [6.45, 7) is -0.313. The maximum absolute atomic E-state index is 13.9. The number of fused-ring (bicyclic) bond motifs is 1. The highest BCUT2D eigenvalue weighted by atomic mass is 35.5. The van der Waals surface area contributed by atoms with Crippen LogP contribution in [0.1, 0.15) is 11.3 Å². The van der Waals surface area contributed by atoms with Crippen LogP contribution in [0.25, 0.3) is 27.9 Å². The lowest BCUT2D eigenvalue weighted by Gasteiger charge is -2.16. The van der Waals surface area contributed by atoms with Gasteiger partial charge >= 0.3 is 17.9 Å². The topological polar surface area (TPSA) is 120 Å². The van der Waals surface area contributed by atoms with Gasteiger partial charge in [-0.05, 0) is 29.8 Å². The SMILES string of the molecule is COc1ncc(-c2c(-c3ccc(Cl)cc3)c(=O)n(Cc3ccc(C(F)(F)F)cn3)n3c(=O)[nH]nc23)cn1. The molecule has 1 aromatic carbocycles. The minimum atomic E-state index is -4.57. The second-order valence-electron chi connectivity index (χ2n) is 7.78. The zero-order chi connectivity index (χ0) is 26.3. The lowest BCUT2D eigenvalue weighted by Crippen LogP contribution is -2.34. The molecule has 10 nitrogen and oxygen atoms in total. The highest BCUT2D eigenvalue weighted by molar-refractivity contribution is 6.30. The van der Waals surface area contributed by atoms with Crippen molar-refractivity contribution in [1.82, 2.24) is 34.3 Å². The van der Waals surface area contributed by atoms with E-state index >= 15 is 0 Å². The fourth-order valence-corrected chi connectivity index (χ4v) is 3.93. The molecule has 0 spiro atoms. The van der Waals surface area contributed by atoms with E-state index in [0.29, 0.717) is 22.3 Å². The predicted octanol–water partition coefficient (Wildman–Crippen LogP) is 3.43. The van der Waals surface area contributed by atoms with E-state index in [0.717, 1.165) is 21.3 Å². The van der Waals surface area contributed by atoms with Crippen LogP contribution in [-0.2, 0) is 12.7 Å². The minimum absolute atomic E-state index is 0.0650. The Labute approximate surface area is 210 Å². The summed E-state index contributed by atoms with van der Waals surface area (Å²) in [5.74, 6) is 0. The van der Waals surface area contributed by atoms with Crippen molar-refractivity contribution in [3.05, 3.63) is 92.1 Å². The Kier molecular flexibility index (Phi) is 5.99. The van der Waals surface area contributed by atoms with E-state index in [1.807, 2.05) is 0 Å². The van der Waals surface area contributed by atoms with Crippen molar-refractivity contribution >= 4 is 17.2 Å². The molecular formula is C23H15ClF3N7O3. The molecule has 0 fully saturated rings. The van der Waals surface area contributed by atoms with Gasteiger partial charge in [-0.2, -0.15) is 22.8 Å². The fourth-order valence-electron chi connectivity index (χ4n) is 3.81. The van der Waals surface area contributed by atoms with Crippen LogP contribution in [-0.4, -0.2) is 41.5 Å². The molecule has 0 aliphatic heterocycles. The number of benzene rings is 1. The summed E-state index contributed by atoms with van der Waals surface area (Å²) in [5.41, 5.74) is -0.913. The average molecular weight is 530 g/mol. The van der Waals surface area contributed by atoms with Gasteiger partial charge in [0.2, 0.25) is 0 Å². The van der Waals surface area contributed by atoms with E-state index in [9.17, 15) is 22.8 Å². The summed E-state index contributed by atoms with van der Waals surface area (Å²) in [5, 5.41) is 6.87. The Hall–Kier alpha value is -4.52. The summed E-state index contributed by atoms with van der Waals surface area (Å²) < 4.78 is 46.0. The number of halogens is 4. The molecule has 0 aliphatic rings. The second kappa shape index (κ2) is 9.17. The quantitative estimate of drug-likeness (QED) is 0.370. The van der Waals surface area contributed by atoms with Crippen LogP contribution < -0.4 is 16.0 Å². The number of methoxy groups -OCH3 is 1. The minimum Gasteiger partial charge on any atom is -0.467 e. The van der Waals surface area contributed by atoms with Crippen molar-refractivity contribution in [2.45, 2.75) is 12.7 Å². The molecule has 0 aliphatic carbocycles. The Morgan fingerprint density at radius 3 is 2.24 bits per heavy atom. The number of nitrogens with zero attached hydrogens (tertiary/aromatic N) is 6. The van der Waals surface area contributed by atoms with Gasteiger partial charge in [-0.3, -0.25) is 9.78 Å². The number of nitrogens with one attached hydrogen (secondary N) is 1. The molecule has 5 rings (SSSR count). The predicted molar refractivity (Wildman–Crippen MR) is 126 cm³/mol. The van der Waals surface area contributed by atoms with E-state index in [1.54, 1.807) is 24.3 Å². The molecule has 37 heavy (non-hydrogen) atoms. The number of alkyl halides is 3. The van der Waals surface area contributed by atoms with E-state index in [4.69, 9.17) is 16.3 Å². The maximum Gasteiger partial charge on any atom is 0.417 e. The Morgan fingerprint density at radius 1 is 0.946 bits per heavy atom. The zero-order valence-corrected chi connectivity index (χ0v) is 19.6. The van der Waals surface area contributed by atoms with E-state index in [-0.39, 0.29) is 35.0 Å². The van der Waals surface area contributed by atoms with Crippen molar-refractivity contribution in [3.8, 4) is 28.3 Å². The third-order valence-corrected chi connectivity index (χ3v) is 5.76. The lowest BCUT2D eigenvalue weighted by molar-refractivity contribution is -0.137. The van der Waals surface area contributed by atoms with Crippen LogP contribution >= 0.6 is 11.6 Å². The zero-order valence-electron chi connectivity index (χ0n) is 18.8. The fraction of sp³-hybridized carbons (Fsp3) is 0.130. The molecule has 5 aromatic rings. The molecule has 0 bridgehead atoms. The van der Waals surface area contributed by atoms with Gasteiger partial charge in [0.05, 0.1) is 30.5 Å². The maximum atomic E-state index is 13.9. The van der Waals surface area contributed by atoms with Gasteiger partial charge in [-0.15, -0.1) is 0 Å². The van der Waals surface area contributed by atoms with Crippen molar-refractivity contribution in [3.63, 3.8) is 0 Å². The van der Waals surface area contributed by atoms with Crippen LogP contribution in [0, 0.1) is 0 Å². The van der Waals surface area contributed by atoms with Crippen LogP contribution in [0.4, 0.5) is 13.2 Å². The van der Waals surface area contributed by atoms with Crippen molar-refractivity contribution in [2.24, 2.45) is 0 Å². The molecule has 188 valence electrons. The Morgan fingerprint density at radius 2 is 1.65 bits per heavy atom. The van der Waals surface area contributed by atoms with Gasteiger partial charge in [-0.25, -0.2) is 24.5 Å². The molecule has 4 heterocycles. The second-order valence-corrected chi connectivity index (χ2v) is 8.21. The number of ether oxygens (including phenoxy) is 1. The first kappa shape index (κ1) is 24.2. The van der Waals surface area contributed by atoms with E-state index < -0.39 is 23.0 Å². The summed E-state index contributed by atoms with van der Waals surface area (Å²) in [7, 11) is 1.40. The van der Waals surface area contributed by atoms with Crippen molar-refractivity contribution in [1.29, 1.82) is 0 Å². The number of aromatic amines is 1. The Bertz CT molecular complexity index is 1710. The van der Waals surface area contributed by atoms with Gasteiger partial charge in [0.15, 0.2) is 5.65 Å².